The minimum absolute atomic E-state index is 0. The standard InChI is InChI=1S/C8H13BF3NO5.2K/c10-7(17-6-18-9(14)15)5-8(11,12)13-1-3-16-4-2-13;;/h7H,1-6H2;;/q-2;2*+1. The third-order valence-corrected chi connectivity index (χ3v) is 2.33. The van der Waals surface area contributed by atoms with Crippen LogP contribution in [0.4, 0.5) is 13.2 Å². The quantitative estimate of drug-likeness (QED) is 0.258. The summed E-state index contributed by atoms with van der Waals surface area (Å²) in [6.45, 7) is -0.633. The Balaban J connectivity index is 0. The first kappa shape index (κ1) is 25.1. The van der Waals surface area contributed by atoms with Gasteiger partial charge in [0.15, 0.2) is 0 Å². The SMILES string of the molecule is [K+].[K+].[O-]B([O-])OCOC(F)CC(F)(F)N1CCOCC1. The predicted octanol–water partition coefficient (Wildman–Crippen LogP) is -7.70. The van der Waals surface area contributed by atoms with E-state index in [1.165, 1.54) is 0 Å². The van der Waals surface area contributed by atoms with Crippen molar-refractivity contribution in [2.75, 3.05) is 33.1 Å². The van der Waals surface area contributed by atoms with Gasteiger partial charge in [-0.2, -0.15) is 8.78 Å². The average Bonchev–Trinajstić information content (AvgIpc) is 2.29. The number of nitrogens with zero attached hydrogens (tertiary/aromatic N) is 1. The summed E-state index contributed by atoms with van der Waals surface area (Å²) in [5.41, 5.74) is 0. The number of hydrogen-bond donors (Lipinski definition) is 0. The molecule has 1 unspecified atom stereocenters. The third kappa shape index (κ3) is 10.6. The van der Waals surface area contributed by atoms with E-state index < -0.39 is 32.9 Å². The summed E-state index contributed by atoms with van der Waals surface area (Å²) in [6, 6.07) is -3.38. The van der Waals surface area contributed by atoms with Crippen LogP contribution in [0.5, 0.6) is 0 Å². The Kier molecular flexibility index (Phi) is 16.6. The molecule has 0 aliphatic carbocycles. The van der Waals surface area contributed by atoms with Crippen molar-refractivity contribution in [1.82, 2.24) is 4.90 Å². The molecule has 0 saturated carbocycles. The van der Waals surface area contributed by atoms with Crippen molar-refractivity contribution in [2.45, 2.75) is 18.8 Å². The van der Waals surface area contributed by atoms with E-state index in [1.54, 1.807) is 0 Å². The number of hydrogen-bond acceptors (Lipinski definition) is 6. The molecule has 1 atom stereocenters. The number of morpholine rings is 1. The molecule has 1 aliphatic rings. The number of ether oxygens (including phenoxy) is 2. The second-order valence-corrected chi connectivity index (χ2v) is 3.62. The largest absolute Gasteiger partial charge is 1.00 e. The Bertz CT molecular complexity index is 252. The molecule has 0 aromatic heterocycles. The van der Waals surface area contributed by atoms with Crippen LogP contribution in [0.3, 0.4) is 0 Å². The number of rotatable bonds is 7. The Morgan fingerprint density at radius 3 is 2.30 bits per heavy atom. The molecular weight excluding hydrogens is 336 g/mol. The van der Waals surface area contributed by atoms with Gasteiger partial charge in [-0.3, -0.25) is 0 Å². The van der Waals surface area contributed by atoms with Gasteiger partial charge in [0.1, 0.15) is 6.79 Å². The minimum atomic E-state index is -3.38. The molecular formula is C8H13BF3K2NO5. The molecule has 1 aliphatic heterocycles. The minimum Gasteiger partial charge on any atom is -0.871 e. The van der Waals surface area contributed by atoms with Crippen molar-refractivity contribution in [3.05, 3.63) is 0 Å². The van der Waals surface area contributed by atoms with Crippen molar-refractivity contribution in [1.29, 1.82) is 0 Å². The van der Waals surface area contributed by atoms with E-state index in [4.69, 9.17) is 4.74 Å². The molecule has 0 aromatic rings. The predicted molar refractivity (Wildman–Crippen MR) is 49.6 cm³/mol. The van der Waals surface area contributed by atoms with Crippen molar-refractivity contribution < 1.29 is 140 Å². The van der Waals surface area contributed by atoms with Gasteiger partial charge in [0.2, 0.25) is 6.36 Å². The molecule has 20 heavy (non-hydrogen) atoms. The van der Waals surface area contributed by atoms with E-state index in [1.807, 2.05) is 0 Å². The van der Waals surface area contributed by atoms with E-state index in [2.05, 4.69) is 9.39 Å². The summed E-state index contributed by atoms with van der Waals surface area (Å²) < 4.78 is 53.0. The Morgan fingerprint density at radius 1 is 1.25 bits per heavy atom. The normalized spacial score (nSPS) is 17.9. The summed E-state index contributed by atoms with van der Waals surface area (Å²) in [4.78, 5) is 0.789. The van der Waals surface area contributed by atoms with Crippen molar-refractivity contribution in [3.63, 3.8) is 0 Å². The molecule has 1 heterocycles. The van der Waals surface area contributed by atoms with Gasteiger partial charge >= 0.3 is 109 Å². The van der Waals surface area contributed by atoms with Crippen LogP contribution in [-0.2, 0) is 14.1 Å². The van der Waals surface area contributed by atoms with Gasteiger partial charge in [-0.25, -0.2) is 9.29 Å². The molecule has 106 valence electrons. The Hall–Kier alpha value is 2.89. The molecule has 12 heteroatoms. The molecule has 1 saturated heterocycles. The van der Waals surface area contributed by atoms with E-state index >= 15 is 0 Å². The maximum absolute atomic E-state index is 13.5. The second kappa shape index (κ2) is 13.2. The monoisotopic (exact) mass is 349 g/mol. The van der Waals surface area contributed by atoms with E-state index in [-0.39, 0.29) is 129 Å². The summed E-state index contributed by atoms with van der Waals surface area (Å²) in [5, 5.41) is 19.8. The van der Waals surface area contributed by atoms with Gasteiger partial charge in [0.25, 0.3) is 0 Å². The van der Waals surface area contributed by atoms with Gasteiger partial charge < -0.3 is 24.2 Å². The van der Waals surface area contributed by atoms with Gasteiger partial charge in [-0.15, -0.1) is 0 Å². The maximum Gasteiger partial charge on any atom is 1.00 e. The van der Waals surface area contributed by atoms with Crippen LogP contribution in [-0.4, -0.2) is 57.7 Å². The molecule has 1 rings (SSSR count). The van der Waals surface area contributed by atoms with Crippen LogP contribution in [0.15, 0.2) is 0 Å². The Morgan fingerprint density at radius 2 is 1.80 bits per heavy atom. The molecule has 6 nitrogen and oxygen atoms in total. The third-order valence-electron chi connectivity index (χ3n) is 2.33. The molecule has 0 radical (unpaired) electrons. The maximum atomic E-state index is 13.5. The molecule has 0 amide bonds. The van der Waals surface area contributed by atoms with Crippen LogP contribution in [0, 0.1) is 0 Å². The van der Waals surface area contributed by atoms with Gasteiger partial charge in [0.05, 0.1) is 27.0 Å². The zero-order chi connectivity index (χ0) is 13.6. The zero-order valence-electron chi connectivity index (χ0n) is 11.5. The van der Waals surface area contributed by atoms with Crippen LogP contribution in [0.25, 0.3) is 0 Å². The number of halogens is 3. The summed E-state index contributed by atoms with van der Waals surface area (Å²) >= 11 is 0. The van der Waals surface area contributed by atoms with Gasteiger partial charge in [0, 0.05) is 13.1 Å². The summed E-state index contributed by atoms with van der Waals surface area (Å²) in [7, 11) is -2.63. The van der Waals surface area contributed by atoms with Gasteiger partial charge in [-0.1, -0.05) is 0 Å². The van der Waals surface area contributed by atoms with E-state index in [0.29, 0.717) is 0 Å². The molecule has 0 bridgehead atoms. The first-order valence-corrected chi connectivity index (χ1v) is 5.31. The topological polar surface area (TPSA) is 77.0 Å². The van der Waals surface area contributed by atoms with Crippen molar-refractivity contribution in [3.8, 4) is 0 Å². The zero-order valence-corrected chi connectivity index (χ0v) is 17.8. The Labute approximate surface area is 200 Å². The van der Waals surface area contributed by atoms with Crippen molar-refractivity contribution in [2.24, 2.45) is 0 Å². The van der Waals surface area contributed by atoms with Crippen LogP contribution >= 0.6 is 0 Å². The molecule has 0 N–H and O–H groups in total. The van der Waals surface area contributed by atoms with E-state index in [0.717, 1.165) is 4.90 Å². The smallest absolute Gasteiger partial charge is 0.871 e. The molecule has 0 aromatic carbocycles. The second-order valence-electron chi connectivity index (χ2n) is 3.62. The number of alkyl halides is 3. The van der Waals surface area contributed by atoms with E-state index in [9.17, 15) is 23.2 Å². The van der Waals surface area contributed by atoms with Crippen LogP contribution < -0.4 is 113 Å². The fourth-order valence-corrected chi connectivity index (χ4v) is 1.44. The summed E-state index contributed by atoms with van der Waals surface area (Å²) in [6.07, 6.45) is -3.51. The fourth-order valence-electron chi connectivity index (χ4n) is 1.44. The average molecular weight is 349 g/mol. The van der Waals surface area contributed by atoms with Crippen molar-refractivity contribution >= 4 is 7.32 Å². The van der Waals surface area contributed by atoms with Crippen LogP contribution in [0.1, 0.15) is 6.42 Å². The first-order valence-electron chi connectivity index (χ1n) is 5.31. The first-order chi connectivity index (χ1) is 8.42. The summed E-state index contributed by atoms with van der Waals surface area (Å²) in [5.74, 6) is 0. The van der Waals surface area contributed by atoms with Gasteiger partial charge in [-0.05, 0) is 0 Å². The fraction of sp³-hybridized carbons (Fsp3) is 1.00. The molecule has 0 spiro atoms. The van der Waals surface area contributed by atoms with Crippen LogP contribution in [0.2, 0.25) is 0 Å². The molecule has 1 fully saturated rings.